The zero-order valence-corrected chi connectivity index (χ0v) is 9.83. The summed E-state index contributed by atoms with van der Waals surface area (Å²) in [6, 6.07) is 0.733. The van der Waals surface area contributed by atoms with Crippen molar-refractivity contribution in [3.05, 3.63) is 12.7 Å². The number of carbonyl (C=O) groups excluding carboxylic acids is 1. The van der Waals surface area contributed by atoms with Crippen LogP contribution in [-0.2, 0) is 4.79 Å². The molecule has 1 aliphatic carbocycles. The Hall–Kier alpha value is -0.830. The molecule has 1 rings (SSSR count). The first-order valence-electron chi connectivity index (χ1n) is 5.70. The standard InChI is InChI=1S/C12H22N2O/c1-4-12(15)13-9-10-5-7-11(8-6-10)14(2)3/h4,10-11H,1,5-9H2,2-3H3,(H,13,15). The first-order valence-corrected chi connectivity index (χ1v) is 5.70. The number of rotatable bonds is 4. The van der Waals surface area contributed by atoms with Crippen molar-refractivity contribution in [2.45, 2.75) is 31.7 Å². The van der Waals surface area contributed by atoms with E-state index in [9.17, 15) is 4.79 Å². The molecule has 3 nitrogen and oxygen atoms in total. The maximum absolute atomic E-state index is 11.0. The first-order chi connectivity index (χ1) is 7.13. The van der Waals surface area contributed by atoms with E-state index in [-0.39, 0.29) is 5.91 Å². The summed E-state index contributed by atoms with van der Waals surface area (Å²) in [5, 5.41) is 2.88. The van der Waals surface area contributed by atoms with Crippen molar-refractivity contribution < 1.29 is 4.79 Å². The normalized spacial score (nSPS) is 26.3. The summed E-state index contributed by atoms with van der Waals surface area (Å²) >= 11 is 0. The zero-order valence-electron chi connectivity index (χ0n) is 9.83. The molecule has 0 aliphatic heterocycles. The van der Waals surface area contributed by atoms with Gasteiger partial charge in [0.05, 0.1) is 0 Å². The molecule has 3 heteroatoms. The van der Waals surface area contributed by atoms with Gasteiger partial charge in [0.1, 0.15) is 0 Å². The molecule has 1 aliphatic rings. The van der Waals surface area contributed by atoms with Gasteiger partial charge in [-0.1, -0.05) is 6.58 Å². The van der Waals surface area contributed by atoms with Crippen molar-refractivity contribution in [2.24, 2.45) is 5.92 Å². The molecule has 0 spiro atoms. The predicted molar refractivity (Wildman–Crippen MR) is 62.6 cm³/mol. The van der Waals surface area contributed by atoms with E-state index in [2.05, 4.69) is 30.9 Å². The van der Waals surface area contributed by atoms with Gasteiger partial charge in [0.2, 0.25) is 5.91 Å². The van der Waals surface area contributed by atoms with E-state index < -0.39 is 0 Å². The Morgan fingerprint density at radius 1 is 1.40 bits per heavy atom. The fraction of sp³-hybridized carbons (Fsp3) is 0.750. The van der Waals surface area contributed by atoms with Crippen molar-refractivity contribution in [2.75, 3.05) is 20.6 Å². The Morgan fingerprint density at radius 2 is 2.00 bits per heavy atom. The van der Waals surface area contributed by atoms with E-state index in [4.69, 9.17) is 0 Å². The van der Waals surface area contributed by atoms with Crippen LogP contribution < -0.4 is 5.32 Å². The van der Waals surface area contributed by atoms with E-state index in [0.29, 0.717) is 5.92 Å². The maximum Gasteiger partial charge on any atom is 0.243 e. The van der Waals surface area contributed by atoms with Crippen molar-refractivity contribution in [3.8, 4) is 0 Å². The third-order valence-electron chi connectivity index (χ3n) is 3.30. The molecule has 0 radical (unpaired) electrons. The summed E-state index contributed by atoms with van der Waals surface area (Å²) in [7, 11) is 4.29. The van der Waals surface area contributed by atoms with Crippen LogP contribution in [0.3, 0.4) is 0 Å². The quantitative estimate of drug-likeness (QED) is 0.712. The molecular formula is C12H22N2O. The minimum atomic E-state index is -0.0512. The van der Waals surface area contributed by atoms with Crippen LogP contribution in [0.15, 0.2) is 12.7 Å². The molecule has 0 aromatic rings. The lowest BCUT2D eigenvalue weighted by Crippen LogP contribution is -2.36. The minimum absolute atomic E-state index is 0.0512. The third kappa shape index (κ3) is 4.04. The van der Waals surface area contributed by atoms with E-state index in [1.54, 1.807) is 0 Å². The van der Waals surface area contributed by atoms with Gasteiger partial charge in [-0.05, 0) is 51.8 Å². The van der Waals surface area contributed by atoms with E-state index in [1.165, 1.54) is 31.8 Å². The molecule has 1 saturated carbocycles. The topological polar surface area (TPSA) is 32.3 Å². The number of carbonyl (C=O) groups is 1. The Bertz CT molecular complexity index is 218. The minimum Gasteiger partial charge on any atom is -0.352 e. The smallest absolute Gasteiger partial charge is 0.243 e. The summed E-state index contributed by atoms with van der Waals surface area (Å²) in [6.45, 7) is 4.25. The Morgan fingerprint density at radius 3 is 2.47 bits per heavy atom. The van der Waals surface area contributed by atoms with Crippen LogP contribution in [0.25, 0.3) is 0 Å². The molecule has 1 N–H and O–H groups in total. The molecule has 1 fully saturated rings. The summed E-state index contributed by atoms with van der Waals surface area (Å²) < 4.78 is 0. The number of amides is 1. The number of nitrogens with one attached hydrogen (secondary N) is 1. The highest BCUT2D eigenvalue weighted by molar-refractivity contribution is 5.86. The van der Waals surface area contributed by atoms with Gasteiger partial charge in [-0.3, -0.25) is 4.79 Å². The lowest BCUT2D eigenvalue weighted by atomic mass is 9.85. The average molecular weight is 210 g/mol. The van der Waals surface area contributed by atoms with Gasteiger partial charge < -0.3 is 10.2 Å². The van der Waals surface area contributed by atoms with Crippen molar-refractivity contribution in [3.63, 3.8) is 0 Å². The highest BCUT2D eigenvalue weighted by Gasteiger charge is 2.22. The number of hydrogen-bond donors (Lipinski definition) is 1. The summed E-state index contributed by atoms with van der Waals surface area (Å²) in [5.74, 6) is 0.606. The Balaban J connectivity index is 2.20. The second-order valence-corrected chi connectivity index (χ2v) is 4.59. The van der Waals surface area contributed by atoms with E-state index >= 15 is 0 Å². The molecule has 0 unspecified atom stereocenters. The van der Waals surface area contributed by atoms with Gasteiger partial charge in [0, 0.05) is 12.6 Å². The second kappa shape index (κ2) is 5.91. The average Bonchev–Trinajstić information content (AvgIpc) is 2.26. The highest BCUT2D eigenvalue weighted by Crippen LogP contribution is 2.25. The highest BCUT2D eigenvalue weighted by atomic mass is 16.1. The molecule has 0 atom stereocenters. The van der Waals surface area contributed by atoms with E-state index in [0.717, 1.165) is 12.6 Å². The van der Waals surface area contributed by atoms with Gasteiger partial charge in [-0.25, -0.2) is 0 Å². The van der Waals surface area contributed by atoms with Crippen LogP contribution in [0.4, 0.5) is 0 Å². The lowest BCUT2D eigenvalue weighted by molar-refractivity contribution is -0.116. The van der Waals surface area contributed by atoms with Crippen LogP contribution in [0, 0.1) is 5.92 Å². The fourth-order valence-corrected chi connectivity index (χ4v) is 2.18. The molecule has 0 saturated heterocycles. The van der Waals surface area contributed by atoms with Gasteiger partial charge in [-0.15, -0.1) is 0 Å². The molecule has 1 amide bonds. The van der Waals surface area contributed by atoms with Crippen LogP contribution in [-0.4, -0.2) is 37.5 Å². The van der Waals surface area contributed by atoms with Crippen molar-refractivity contribution >= 4 is 5.91 Å². The van der Waals surface area contributed by atoms with Crippen molar-refractivity contribution in [1.82, 2.24) is 10.2 Å². The van der Waals surface area contributed by atoms with Crippen LogP contribution in [0.2, 0.25) is 0 Å². The predicted octanol–water partition coefficient (Wildman–Crippen LogP) is 1.41. The summed E-state index contributed by atoms with van der Waals surface area (Å²) in [5.41, 5.74) is 0. The molecule has 0 heterocycles. The van der Waals surface area contributed by atoms with Crippen molar-refractivity contribution in [1.29, 1.82) is 0 Å². The third-order valence-corrected chi connectivity index (χ3v) is 3.30. The van der Waals surface area contributed by atoms with Gasteiger partial charge >= 0.3 is 0 Å². The largest absolute Gasteiger partial charge is 0.352 e. The molecular weight excluding hydrogens is 188 g/mol. The monoisotopic (exact) mass is 210 g/mol. The summed E-state index contributed by atoms with van der Waals surface area (Å²) in [4.78, 5) is 13.3. The summed E-state index contributed by atoms with van der Waals surface area (Å²) in [6.07, 6.45) is 6.29. The van der Waals surface area contributed by atoms with Gasteiger partial charge in [-0.2, -0.15) is 0 Å². The lowest BCUT2D eigenvalue weighted by Gasteiger charge is -2.32. The fourth-order valence-electron chi connectivity index (χ4n) is 2.18. The van der Waals surface area contributed by atoms with Crippen LogP contribution in [0.1, 0.15) is 25.7 Å². The SMILES string of the molecule is C=CC(=O)NCC1CCC(N(C)C)CC1. The van der Waals surface area contributed by atoms with E-state index in [1.807, 2.05) is 0 Å². The number of hydrogen-bond acceptors (Lipinski definition) is 2. The maximum atomic E-state index is 11.0. The van der Waals surface area contributed by atoms with Gasteiger partial charge in [0.25, 0.3) is 0 Å². The molecule has 15 heavy (non-hydrogen) atoms. The Kier molecular flexibility index (Phi) is 4.82. The molecule has 0 aromatic heterocycles. The molecule has 86 valence electrons. The van der Waals surface area contributed by atoms with Gasteiger partial charge in [0.15, 0.2) is 0 Å². The molecule has 0 aromatic carbocycles. The van der Waals surface area contributed by atoms with Crippen LogP contribution in [0.5, 0.6) is 0 Å². The Labute approximate surface area is 92.5 Å². The zero-order chi connectivity index (χ0) is 11.3. The number of nitrogens with zero attached hydrogens (tertiary/aromatic N) is 1. The second-order valence-electron chi connectivity index (χ2n) is 4.59. The molecule has 0 bridgehead atoms. The first kappa shape index (κ1) is 12.2. The van der Waals surface area contributed by atoms with Crippen LogP contribution >= 0.6 is 0 Å².